The number of nitrogens with zero attached hydrogens (tertiary/aromatic N) is 2. The highest BCUT2D eigenvalue weighted by Crippen LogP contribution is 2.35. The fourth-order valence-corrected chi connectivity index (χ4v) is 2.44. The number of hydrogen-bond acceptors (Lipinski definition) is 5. The number of aliphatic hydroxyl groups is 1. The molecule has 1 saturated carbocycles. The van der Waals surface area contributed by atoms with E-state index in [-0.39, 0.29) is 12.0 Å². The van der Waals surface area contributed by atoms with Crippen LogP contribution in [0.3, 0.4) is 0 Å². The minimum absolute atomic E-state index is 0.00450. The fraction of sp³-hybridized carbons (Fsp3) is 0.667. The topological polar surface area (TPSA) is 84.1 Å². The molecule has 17 heavy (non-hydrogen) atoms. The lowest BCUT2D eigenvalue weighted by Crippen LogP contribution is -2.35. The van der Waals surface area contributed by atoms with Crippen LogP contribution in [-0.4, -0.2) is 28.2 Å². The van der Waals surface area contributed by atoms with E-state index in [1.807, 2.05) is 0 Å². The molecule has 2 rings (SSSR count). The number of aliphatic hydroxyl groups excluding tert-OH is 1. The summed E-state index contributed by atoms with van der Waals surface area (Å²) >= 11 is 0. The summed E-state index contributed by atoms with van der Waals surface area (Å²) in [7, 11) is 0. The largest absolute Gasteiger partial charge is 0.396 e. The van der Waals surface area contributed by atoms with Crippen LogP contribution in [0.25, 0.3) is 0 Å². The van der Waals surface area contributed by atoms with Gasteiger partial charge in [-0.15, -0.1) is 0 Å². The third kappa shape index (κ3) is 3.06. The Morgan fingerprint density at radius 2 is 2.06 bits per heavy atom. The average Bonchev–Trinajstić information content (AvgIpc) is 2.38. The van der Waals surface area contributed by atoms with Gasteiger partial charge >= 0.3 is 0 Å². The lowest BCUT2D eigenvalue weighted by Gasteiger charge is -2.35. The summed E-state index contributed by atoms with van der Waals surface area (Å²) in [5.74, 6) is 1.10. The molecule has 0 bridgehead atoms. The van der Waals surface area contributed by atoms with E-state index < -0.39 is 0 Å². The van der Waals surface area contributed by atoms with Crippen molar-refractivity contribution in [3.63, 3.8) is 0 Å². The van der Waals surface area contributed by atoms with Crippen molar-refractivity contribution in [2.24, 2.45) is 5.41 Å². The van der Waals surface area contributed by atoms with Crippen molar-refractivity contribution >= 4 is 11.6 Å². The van der Waals surface area contributed by atoms with E-state index in [0.29, 0.717) is 11.6 Å². The van der Waals surface area contributed by atoms with E-state index in [0.717, 1.165) is 19.4 Å². The Hall–Kier alpha value is -1.36. The first-order valence-corrected chi connectivity index (χ1v) is 6.16. The molecular weight excluding hydrogens is 216 g/mol. The maximum Gasteiger partial charge on any atom is 0.146 e. The van der Waals surface area contributed by atoms with Gasteiger partial charge in [-0.05, 0) is 12.8 Å². The van der Waals surface area contributed by atoms with Crippen molar-refractivity contribution in [2.45, 2.75) is 32.1 Å². The van der Waals surface area contributed by atoms with Crippen LogP contribution in [0.2, 0.25) is 0 Å². The molecule has 5 heteroatoms. The summed E-state index contributed by atoms with van der Waals surface area (Å²) in [6, 6.07) is 0. The van der Waals surface area contributed by atoms with Gasteiger partial charge in [-0.3, -0.25) is 4.98 Å². The highest BCUT2D eigenvalue weighted by molar-refractivity contribution is 5.38. The van der Waals surface area contributed by atoms with Crippen LogP contribution in [0.4, 0.5) is 11.6 Å². The molecule has 0 aliphatic heterocycles. The van der Waals surface area contributed by atoms with Crippen molar-refractivity contribution in [3.05, 3.63) is 12.4 Å². The first-order chi connectivity index (χ1) is 8.24. The highest BCUT2D eigenvalue weighted by atomic mass is 16.3. The highest BCUT2D eigenvalue weighted by Gasteiger charge is 2.31. The van der Waals surface area contributed by atoms with Gasteiger partial charge in [0.2, 0.25) is 0 Å². The molecule has 1 aromatic rings. The summed E-state index contributed by atoms with van der Waals surface area (Å²) in [5, 5.41) is 12.8. The van der Waals surface area contributed by atoms with E-state index in [4.69, 9.17) is 5.73 Å². The predicted octanol–water partition coefficient (Wildman–Crippen LogP) is 1.41. The summed E-state index contributed by atoms with van der Waals surface area (Å²) < 4.78 is 0. The zero-order valence-corrected chi connectivity index (χ0v) is 10.0. The normalized spacial score (nSPS) is 18.9. The minimum Gasteiger partial charge on any atom is -0.396 e. The van der Waals surface area contributed by atoms with Gasteiger partial charge in [-0.2, -0.15) is 0 Å². The Morgan fingerprint density at radius 1 is 1.29 bits per heavy atom. The first kappa shape index (κ1) is 12.1. The summed E-state index contributed by atoms with van der Waals surface area (Å²) in [4.78, 5) is 8.13. The van der Waals surface area contributed by atoms with Crippen LogP contribution < -0.4 is 11.1 Å². The third-order valence-electron chi connectivity index (χ3n) is 3.55. The van der Waals surface area contributed by atoms with Crippen LogP contribution in [0.1, 0.15) is 32.1 Å². The molecule has 0 saturated heterocycles. The number of nitrogens with one attached hydrogen (secondary N) is 1. The zero-order chi connectivity index (χ0) is 12.1. The lowest BCUT2D eigenvalue weighted by molar-refractivity contribution is 0.0943. The fourth-order valence-electron chi connectivity index (χ4n) is 2.44. The van der Waals surface area contributed by atoms with Crippen molar-refractivity contribution in [3.8, 4) is 0 Å². The van der Waals surface area contributed by atoms with Crippen molar-refractivity contribution in [2.75, 3.05) is 24.2 Å². The van der Waals surface area contributed by atoms with Gasteiger partial charge in [0.05, 0.1) is 19.0 Å². The second-order valence-corrected chi connectivity index (χ2v) is 4.90. The van der Waals surface area contributed by atoms with E-state index in [1.54, 1.807) is 6.20 Å². The standard InChI is InChI=1S/C12H20N4O/c13-10-6-14-7-11(16-10)15-8-12(9-17)4-2-1-3-5-12/h6-7,17H,1-5,8-9H2,(H3,13,15,16). The maximum absolute atomic E-state index is 9.57. The molecule has 1 aliphatic carbocycles. The zero-order valence-electron chi connectivity index (χ0n) is 10.0. The molecular formula is C12H20N4O. The van der Waals surface area contributed by atoms with E-state index in [1.165, 1.54) is 25.5 Å². The van der Waals surface area contributed by atoms with Gasteiger partial charge in [0, 0.05) is 12.0 Å². The van der Waals surface area contributed by atoms with Gasteiger partial charge in [0.25, 0.3) is 0 Å². The van der Waals surface area contributed by atoms with Crippen LogP contribution >= 0.6 is 0 Å². The number of hydrogen-bond donors (Lipinski definition) is 3. The maximum atomic E-state index is 9.57. The Labute approximate surface area is 101 Å². The quantitative estimate of drug-likeness (QED) is 0.736. The number of nitrogens with two attached hydrogens (primary N) is 1. The molecule has 1 aromatic heterocycles. The summed E-state index contributed by atoms with van der Waals surface area (Å²) in [5.41, 5.74) is 5.57. The summed E-state index contributed by atoms with van der Waals surface area (Å²) in [6.45, 7) is 0.970. The number of aromatic nitrogens is 2. The van der Waals surface area contributed by atoms with Crippen molar-refractivity contribution in [1.82, 2.24) is 9.97 Å². The Kier molecular flexibility index (Phi) is 3.78. The third-order valence-corrected chi connectivity index (χ3v) is 3.55. The molecule has 0 atom stereocenters. The molecule has 0 unspecified atom stereocenters. The molecule has 1 aliphatic rings. The molecule has 0 radical (unpaired) electrons. The van der Waals surface area contributed by atoms with Gasteiger partial charge in [-0.1, -0.05) is 19.3 Å². The second-order valence-electron chi connectivity index (χ2n) is 4.90. The molecule has 0 amide bonds. The minimum atomic E-state index is 0.00450. The van der Waals surface area contributed by atoms with Crippen LogP contribution in [-0.2, 0) is 0 Å². The van der Waals surface area contributed by atoms with Gasteiger partial charge in [-0.25, -0.2) is 4.98 Å². The van der Waals surface area contributed by atoms with E-state index in [9.17, 15) is 5.11 Å². The van der Waals surface area contributed by atoms with Crippen molar-refractivity contribution < 1.29 is 5.11 Å². The van der Waals surface area contributed by atoms with Gasteiger partial charge in [0.1, 0.15) is 11.6 Å². The predicted molar refractivity (Wildman–Crippen MR) is 67.5 cm³/mol. The smallest absolute Gasteiger partial charge is 0.146 e. The second kappa shape index (κ2) is 5.31. The Balaban J connectivity index is 1.95. The molecule has 4 N–H and O–H groups in total. The Bertz CT molecular complexity index is 363. The number of nitrogen functional groups attached to an aromatic ring is 1. The summed E-state index contributed by atoms with van der Waals surface area (Å²) in [6.07, 6.45) is 9.01. The molecule has 1 fully saturated rings. The van der Waals surface area contributed by atoms with Gasteiger partial charge < -0.3 is 16.2 Å². The molecule has 1 heterocycles. The molecule has 0 aromatic carbocycles. The molecule has 94 valence electrons. The first-order valence-electron chi connectivity index (χ1n) is 6.16. The monoisotopic (exact) mass is 236 g/mol. The Morgan fingerprint density at radius 3 is 2.71 bits per heavy atom. The number of rotatable bonds is 4. The van der Waals surface area contributed by atoms with Crippen molar-refractivity contribution in [1.29, 1.82) is 0 Å². The number of anilines is 2. The van der Waals surface area contributed by atoms with E-state index >= 15 is 0 Å². The van der Waals surface area contributed by atoms with Crippen LogP contribution in [0.5, 0.6) is 0 Å². The molecule has 0 spiro atoms. The van der Waals surface area contributed by atoms with Crippen LogP contribution in [0.15, 0.2) is 12.4 Å². The van der Waals surface area contributed by atoms with Crippen LogP contribution in [0, 0.1) is 5.41 Å². The molecule has 5 nitrogen and oxygen atoms in total. The average molecular weight is 236 g/mol. The SMILES string of the molecule is Nc1cncc(NCC2(CO)CCCCC2)n1. The lowest BCUT2D eigenvalue weighted by atomic mass is 9.74. The van der Waals surface area contributed by atoms with Gasteiger partial charge in [0.15, 0.2) is 0 Å². The van der Waals surface area contributed by atoms with E-state index in [2.05, 4.69) is 15.3 Å².